The normalized spacial score (nSPS) is 23.3. The van der Waals surface area contributed by atoms with E-state index in [0.717, 1.165) is 17.5 Å². The van der Waals surface area contributed by atoms with E-state index >= 15 is 0 Å². The number of aliphatic imine (C=N–C) groups is 1. The highest BCUT2D eigenvalue weighted by atomic mass is 16.5. The van der Waals surface area contributed by atoms with Crippen molar-refractivity contribution in [1.82, 2.24) is 4.90 Å². The van der Waals surface area contributed by atoms with Crippen molar-refractivity contribution in [1.29, 1.82) is 0 Å². The van der Waals surface area contributed by atoms with Crippen molar-refractivity contribution < 1.29 is 9.53 Å². The van der Waals surface area contributed by atoms with Crippen molar-refractivity contribution in [2.24, 2.45) is 4.99 Å². The first-order valence-corrected chi connectivity index (χ1v) is 9.58. The second-order valence-electron chi connectivity index (χ2n) is 8.22. The van der Waals surface area contributed by atoms with E-state index < -0.39 is 5.54 Å². The lowest BCUT2D eigenvalue weighted by Crippen LogP contribution is -2.53. The standard InChI is InChI=1S/C23H26N2O2/c1-5-27-21(26)23-18-12-8-6-10-16(18)14-20(17-11-7-9-13-19(17)23)25(23)15-24-22(2,3)4/h6-13,15,20H,5,14H2,1-4H3. The fourth-order valence-corrected chi connectivity index (χ4v) is 4.36. The molecule has 2 unspecified atom stereocenters. The maximum Gasteiger partial charge on any atom is 0.341 e. The molecule has 2 aliphatic heterocycles. The van der Waals surface area contributed by atoms with Gasteiger partial charge >= 0.3 is 5.97 Å². The quantitative estimate of drug-likeness (QED) is 0.466. The molecular formula is C23H26N2O2. The van der Waals surface area contributed by atoms with Gasteiger partial charge in [0.1, 0.15) is 0 Å². The van der Waals surface area contributed by atoms with Crippen LogP contribution < -0.4 is 0 Å². The van der Waals surface area contributed by atoms with Gasteiger partial charge in [0.05, 0.1) is 24.5 Å². The van der Waals surface area contributed by atoms with E-state index in [1.165, 1.54) is 11.1 Å². The minimum absolute atomic E-state index is 0.0756. The van der Waals surface area contributed by atoms with Crippen molar-refractivity contribution in [3.05, 3.63) is 70.8 Å². The summed E-state index contributed by atoms with van der Waals surface area (Å²) in [7, 11) is 0. The van der Waals surface area contributed by atoms with Crippen LogP contribution in [0, 0.1) is 0 Å². The fourth-order valence-electron chi connectivity index (χ4n) is 4.36. The molecule has 0 aliphatic carbocycles. The van der Waals surface area contributed by atoms with Crippen LogP contribution in [0.4, 0.5) is 0 Å². The van der Waals surface area contributed by atoms with Gasteiger partial charge in [-0.2, -0.15) is 0 Å². The molecule has 0 saturated carbocycles. The first-order valence-electron chi connectivity index (χ1n) is 9.58. The van der Waals surface area contributed by atoms with Gasteiger partial charge in [-0.1, -0.05) is 48.5 Å². The molecule has 2 heterocycles. The molecule has 0 spiro atoms. The zero-order chi connectivity index (χ0) is 19.2. The van der Waals surface area contributed by atoms with E-state index in [1.807, 2.05) is 37.5 Å². The monoisotopic (exact) mass is 362 g/mol. The van der Waals surface area contributed by atoms with Crippen LogP contribution in [-0.4, -0.2) is 29.4 Å². The van der Waals surface area contributed by atoms with Crippen molar-refractivity contribution in [2.45, 2.75) is 51.2 Å². The topological polar surface area (TPSA) is 41.9 Å². The molecule has 0 amide bonds. The molecule has 0 N–H and O–H groups in total. The Balaban J connectivity index is 2.02. The maximum atomic E-state index is 13.5. The maximum absolute atomic E-state index is 13.5. The second kappa shape index (κ2) is 6.22. The number of carbonyl (C=O) groups is 1. The van der Waals surface area contributed by atoms with Gasteiger partial charge in [-0.05, 0) is 56.4 Å². The van der Waals surface area contributed by atoms with E-state index in [4.69, 9.17) is 9.73 Å². The average molecular weight is 362 g/mol. The zero-order valence-corrected chi connectivity index (χ0v) is 16.4. The van der Waals surface area contributed by atoms with Crippen LogP contribution in [0.3, 0.4) is 0 Å². The van der Waals surface area contributed by atoms with Crippen LogP contribution in [-0.2, 0) is 21.5 Å². The number of ether oxygens (including phenoxy) is 1. The van der Waals surface area contributed by atoms with Crippen LogP contribution in [0.25, 0.3) is 0 Å². The van der Waals surface area contributed by atoms with Gasteiger partial charge in [0.15, 0.2) is 5.54 Å². The Labute approximate surface area is 160 Å². The fraction of sp³-hybridized carbons (Fsp3) is 0.391. The van der Waals surface area contributed by atoms with E-state index in [0.29, 0.717) is 6.61 Å². The third-order valence-electron chi connectivity index (χ3n) is 5.39. The number of hydrogen-bond donors (Lipinski definition) is 0. The molecule has 0 radical (unpaired) electrons. The molecule has 0 fully saturated rings. The van der Waals surface area contributed by atoms with Crippen molar-refractivity contribution in [3.8, 4) is 0 Å². The first kappa shape index (κ1) is 17.8. The molecule has 4 nitrogen and oxygen atoms in total. The van der Waals surface area contributed by atoms with Gasteiger partial charge in [-0.25, -0.2) is 4.79 Å². The summed E-state index contributed by atoms with van der Waals surface area (Å²) in [5.41, 5.74) is 3.21. The summed E-state index contributed by atoms with van der Waals surface area (Å²) in [5, 5.41) is 0. The molecule has 2 aliphatic rings. The zero-order valence-electron chi connectivity index (χ0n) is 16.4. The Morgan fingerprint density at radius 1 is 1.19 bits per heavy atom. The highest BCUT2D eigenvalue weighted by molar-refractivity contribution is 5.93. The highest BCUT2D eigenvalue weighted by Crippen LogP contribution is 2.55. The largest absolute Gasteiger partial charge is 0.464 e. The van der Waals surface area contributed by atoms with Crippen LogP contribution >= 0.6 is 0 Å². The van der Waals surface area contributed by atoms with Crippen molar-refractivity contribution in [2.75, 3.05) is 6.61 Å². The Kier molecular flexibility index (Phi) is 4.10. The molecular weight excluding hydrogens is 336 g/mol. The minimum atomic E-state index is -0.971. The number of rotatable bonds is 3. The van der Waals surface area contributed by atoms with Gasteiger partial charge in [0.2, 0.25) is 0 Å². The van der Waals surface area contributed by atoms with Crippen LogP contribution in [0.5, 0.6) is 0 Å². The summed E-state index contributed by atoms with van der Waals surface area (Å²) in [6.07, 6.45) is 2.72. The van der Waals surface area contributed by atoms with Gasteiger partial charge in [0, 0.05) is 0 Å². The lowest BCUT2D eigenvalue weighted by atomic mass is 9.79. The number of fused-ring (bicyclic) bond motifs is 7. The number of benzene rings is 2. The average Bonchev–Trinajstić information content (AvgIpc) is 2.84. The van der Waals surface area contributed by atoms with E-state index in [9.17, 15) is 4.79 Å². The molecule has 0 aromatic heterocycles. The molecule has 2 bridgehead atoms. The Hall–Kier alpha value is -2.62. The molecule has 2 atom stereocenters. The number of hydrogen-bond acceptors (Lipinski definition) is 3. The lowest BCUT2D eigenvalue weighted by Gasteiger charge is -2.43. The van der Waals surface area contributed by atoms with E-state index in [1.54, 1.807) is 0 Å². The Bertz CT molecular complexity index is 900. The summed E-state index contributed by atoms with van der Waals surface area (Å²) in [6.45, 7) is 8.39. The van der Waals surface area contributed by atoms with Crippen LogP contribution in [0.15, 0.2) is 53.5 Å². The predicted molar refractivity (Wildman–Crippen MR) is 107 cm³/mol. The first-order chi connectivity index (χ1) is 12.9. The number of esters is 1. The van der Waals surface area contributed by atoms with Gasteiger partial charge in [0.25, 0.3) is 0 Å². The van der Waals surface area contributed by atoms with E-state index in [-0.39, 0.29) is 17.6 Å². The van der Waals surface area contributed by atoms with E-state index in [2.05, 4.69) is 49.9 Å². The molecule has 140 valence electrons. The minimum Gasteiger partial charge on any atom is -0.464 e. The molecule has 4 heteroatoms. The lowest BCUT2D eigenvalue weighted by molar-refractivity contribution is -0.154. The molecule has 2 aromatic carbocycles. The smallest absolute Gasteiger partial charge is 0.341 e. The third kappa shape index (κ3) is 2.58. The summed E-state index contributed by atoms with van der Waals surface area (Å²) in [6, 6.07) is 16.5. The second-order valence-corrected chi connectivity index (χ2v) is 8.22. The van der Waals surface area contributed by atoms with Crippen molar-refractivity contribution in [3.63, 3.8) is 0 Å². The Morgan fingerprint density at radius 3 is 2.56 bits per heavy atom. The van der Waals surface area contributed by atoms with Gasteiger partial charge < -0.3 is 9.64 Å². The van der Waals surface area contributed by atoms with Crippen LogP contribution in [0.1, 0.15) is 56.0 Å². The molecule has 4 rings (SSSR count). The summed E-state index contributed by atoms with van der Waals surface area (Å²) in [4.78, 5) is 20.4. The molecule has 0 saturated heterocycles. The molecule has 27 heavy (non-hydrogen) atoms. The third-order valence-corrected chi connectivity index (χ3v) is 5.39. The van der Waals surface area contributed by atoms with Crippen LogP contribution in [0.2, 0.25) is 0 Å². The number of nitrogens with zero attached hydrogens (tertiary/aromatic N) is 2. The predicted octanol–water partition coefficient (Wildman–Crippen LogP) is 4.23. The summed E-state index contributed by atoms with van der Waals surface area (Å²) < 4.78 is 5.64. The van der Waals surface area contributed by atoms with Gasteiger partial charge in [-0.15, -0.1) is 0 Å². The Morgan fingerprint density at radius 2 is 1.85 bits per heavy atom. The number of carbonyl (C=O) groups excluding carboxylic acids is 1. The highest BCUT2D eigenvalue weighted by Gasteiger charge is 2.60. The summed E-state index contributed by atoms with van der Waals surface area (Å²) in [5.74, 6) is -0.229. The van der Waals surface area contributed by atoms with Crippen molar-refractivity contribution >= 4 is 12.3 Å². The van der Waals surface area contributed by atoms with Gasteiger partial charge in [-0.3, -0.25) is 4.99 Å². The molecule has 2 aromatic rings. The SMILES string of the molecule is CCOC(=O)C12c3ccccc3CC(c3ccccc31)N2C=NC(C)(C)C. The summed E-state index contributed by atoms with van der Waals surface area (Å²) >= 11 is 0.